The Hall–Kier alpha value is -0.530. The maximum atomic E-state index is 12.4. The van der Waals surface area contributed by atoms with Crippen LogP contribution in [0.3, 0.4) is 0 Å². The van der Waals surface area contributed by atoms with Gasteiger partial charge >= 0.3 is 0 Å². The molecular formula is C6H12FN. The van der Waals surface area contributed by atoms with Crippen LogP contribution in [0.2, 0.25) is 0 Å². The second-order valence-electron chi connectivity index (χ2n) is 2.22. The van der Waals surface area contributed by atoms with E-state index in [0.717, 1.165) is 0 Å². The van der Waals surface area contributed by atoms with Crippen LogP contribution in [0.15, 0.2) is 12.3 Å². The van der Waals surface area contributed by atoms with Gasteiger partial charge in [-0.05, 0) is 5.92 Å². The molecule has 0 fully saturated rings. The van der Waals surface area contributed by atoms with Crippen molar-refractivity contribution in [2.45, 2.75) is 20.0 Å². The molecule has 2 N–H and O–H groups in total. The third-order valence-electron chi connectivity index (χ3n) is 0.940. The van der Waals surface area contributed by atoms with Crippen molar-refractivity contribution in [3.63, 3.8) is 0 Å². The minimum absolute atomic E-state index is 0.0486. The topological polar surface area (TPSA) is 26.0 Å². The van der Waals surface area contributed by atoms with Gasteiger partial charge in [-0.1, -0.05) is 20.4 Å². The van der Waals surface area contributed by atoms with Crippen molar-refractivity contribution in [1.29, 1.82) is 0 Å². The normalized spacial score (nSPS) is 14.0. The summed E-state index contributed by atoms with van der Waals surface area (Å²) < 4.78 is 12.4. The van der Waals surface area contributed by atoms with Crippen molar-refractivity contribution in [1.82, 2.24) is 0 Å². The van der Waals surface area contributed by atoms with E-state index in [9.17, 15) is 4.39 Å². The molecule has 1 unspecified atom stereocenters. The van der Waals surface area contributed by atoms with Gasteiger partial charge in [0, 0.05) is 5.70 Å². The minimum atomic E-state index is -1.05. The lowest BCUT2D eigenvalue weighted by Gasteiger charge is -2.09. The molecule has 8 heavy (non-hydrogen) atoms. The lowest BCUT2D eigenvalue weighted by molar-refractivity contribution is 0.297. The second kappa shape index (κ2) is 2.70. The molecule has 48 valence electrons. The zero-order chi connectivity index (χ0) is 6.73. The van der Waals surface area contributed by atoms with Gasteiger partial charge in [0.25, 0.3) is 0 Å². The summed E-state index contributed by atoms with van der Waals surface area (Å²) in [5, 5.41) is 0. The van der Waals surface area contributed by atoms with Crippen molar-refractivity contribution in [2.75, 3.05) is 0 Å². The van der Waals surface area contributed by atoms with Crippen LogP contribution in [0, 0.1) is 5.92 Å². The Bertz CT molecular complexity index is 88.5. The van der Waals surface area contributed by atoms with E-state index in [1.165, 1.54) is 0 Å². The molecule has 0 saturated heterocycles. The monoisotopic (exact) mass is 117 g/mol. The van der Waals surface area contributed by atoms with Gasteiger partial charge in [0.15, 0.2) is 0 Å². The van der Waals surface area contributed by atoms with Crippen molar-refractivity contribution in [2.24, 2.45) is 11.7 Å². The molecule has 0 spiro atoms. The minimum Gasteiger partial charge on any atom is -0.400 e. The predicted molar refractivity (Wildman–Crippen MR) is 33.1 cm³/mol. The Kier molecular flexibility index (Phi) is 2.52. The number of alkyl halides is 1. The van der Waals surface area contributed by atoms with Gasteiger partial charge in [-0.15, -0.1) is 0 Å². The number of hydrogen-bond acceptors (Lipinski definition) is 1. The largest absolute Gasteiger partial charge is 0.400 e. The summed E-state index contributed by atoms with van der Waals surface area (Å²) in [6.45, 7) is 6.81. The van der Waals surface area contributed by atoms with Gasteiger partial charge in [-0.3, -0.25) is 0 Å². The number of rotatable bonds is 2. The molecule has 0 aliphatic carbocycles. The molecule has 1 atom stereocenters. The summed E-state index contributed by atoms with van der Waals surface area (Å²) >= 11 is 0. The number of halogens is 1. The van der Waals surface area contributed by atoms with E-state index in [0.29, 0.717) is 0 Å². The quantitative estimate of drug-likeness (QED) is 0.582. The fourth-order valence-corrected chi connectivity index (χ4v) is 0.428. The highest BCUT2D eigenvalue weighted by atomic mass is 19.1. The Labute approximate surface area is 49.4 Å². The van der Waals surface area contributed by atoms with Crippen LogP contribution in [0.25, 0.3) is 0 Å². The standard InChI is InChI=1S/C6H12FN/c1-4(2)6(7)5(3)8/h4,6H,3,8H2,1-2H3. The van der Waals surface area contributed by atoms with Crippen molar-refractivity contribution < 1.29 is 4.39 Å². The summed E-state index contributed by atoms with van der Waals surface area (Å²) in [6.07, 6.45) is -1.05. The predicted octanol–water partition coefficient (Wildman–Crippen LogP) is 1.45. The fourth-order valence-electron chi connectivity index (χ4n) is 0.428. The number of nitrogens with two attached hydrogens (primary N) is 1. The SMILES string of the molecule is C=C(N)C(F)C(C)C. The molecule has 0 bridgehead atoms. The van der Waals surface area contributed by atoms with Crippen LogP contribution >= 0.6 is 0 Å². The Morgan fingerprint density at radius 1 is 1.62 bits per heavy atom. The first-order valence-corrected chi connectivity index (χ1v) is 2.64. The third kappa shape index (κ3) is 1.96. The summed E-state index contributed by atoms with van der Waals surface area (Å²) in [4.78, 5) is 0. The van der Waals surface area contributed by atoms with Crippen molar-refractivity contribution in [3.05, 3.63) is 12.3 Å². The molecule has 0 heterocycles. The highest BCUT2D eigenvalue weighted by Gasteiger charge is 2.11. The molecule has 0 aliphatic heterocycles. The third-order valence-corrected chi connectivity index (χ3v) is 0.940. The van der Waals surface area contributed by atoms with E-state index < -0.39 is 6.17 Å². The van der Waals surface area contributed by atoms with Gasteiger partial charge in [-0.25, -0.2) is 4.39 Å². The van der Waals surface area contributed by atoms with Crippen LogP contribution in [0.4, 0.5) is 4.39 Å². The van der Waals surface area contributed by atoms with Gasteiger partial charge in [0.1, 0.15) is 6.17 Å². The van der Waals surface area contributed by atoms with Gasteiger partial charge in [0.05, 0.1) is 0 Å². The van der Waals surface area contributed by atoms with E-state index in [1.807, 2.05) is 0 Å². The van der Waals surface area contributed by atoms with Gasteiger partial charge in [0.2, 0.25) is 0 Å². The average Bonchev–Trinajstić information content (AvgIpc) is 1.64. The molecule has 0 saturated carbocycles. The van der Waals surface area contributed by atoms with E-state index in [1.54, 1.807) is 13.8 Å². The lowest BCUT2D eigenvalue weighted by Crippen LogP contribution is -2.17. The molecule has 0 radical (unpaired) electrons. The molecule has 0 amide bonds. The van der Waals surface area contributed by atoms with Crippen molar-refractivity contribution in [3.8, 4) is 0 Å². The highest BCUT2D eigenvalue weighted by Crippen LogP contribution is 2.09. The van der Waals surface area contributed by atoms with Crippen molar-refractivity contribution >= 4 is 0 Å². The maximum Gasteiger partial charge on any atom is 0.141 e. The number of hydrogen-bond donors (Lipinski definition) is 1. The van der Waals surface area contributed by atoms with Crippen LogP contribution in [0.5, 0.6) is 0 Å². The first-order chi connectivity index (χ1) is 3.55. The van der Waals surface area contributed by atoms with Gasteiger partial charge < -0.3 is 5.73 Å². The maximum absolute atomic E-state index is 12.4. The molecule has 0 aromatic rings. The zero-order valence-electron chi connectivity index (χ0n) is 5.32. The Balaban J connectivity index is 3.64. The highest BCUT2D eigenvalue weighted by molar-refractivity contribution is 4.96. The van der Waals surface area contributed by atoms with E-state index in [4.69, 9.17) is 5.73 Å². The Morgan fingerprint density at radius 3 is 2.00 bits per heavy atom. The van der Waals surface area contributed by atoms with Crippen LogP contribution in [0.1, 0.15) is 13.8 Å². The van der Waals surface area contributed by atoms with E-state index in [2.05, 4.69) is 6.58 Å². The van der Waals surface area contributed by atoms with Crippen LogP contribution < -0.4 is 5.73 Å². The second-order valence-corrected chi connectivity index (χ2v) is 2.22. The molecule has 2 heteroatoms. The number of allylic oxidation sites excluding steroid dienone is 1. The molecule has 1 nitrogen and oxygen atoms in total. The smallest absolute Gasteiger partial charge is 0.141 e. The summed E-state index contributed by atoms with van der Waals surface area (Å²) in [7, 11) is 0. The van der Waals surface area contributed by atoms with Crippen LogP contribution in [-0.4, -0.2) is 6.17 Å². The molecule has 0 rings (SSSR count). The summed E-state index contributed by atoms with van der Waals surface area (Å²) in [5.41, 5.74) is 5.19. The molecule has 0 aromatic heterocycles. The van der Waals surface area contributed by atoms with Crippen LogP contribution in [-0.2, 0) is 0 Å². The van der Waals surface area contributed by atoms with E-state index in [-0.39, 0.29) is 11.6 Å². The lowest BCUT2D eigenvalue weighted by atomic mass is 10.1. The summed E-state index contributed by atoms with van der Waals surface area (Å²) in [6, 6.07) is 0. The van der Waals surface area contributed by atoms with Gasteiger partial charge in [-0.2, -0.15) is 0 Å². The molecule has 0 aromatic carbocycles. The zero-order valence-corrected chi connectivity index (χ0v) is 5.32. The summed E-state index contributed by atoms with van der Waals surface area (Å²) in [5.74, 6) is -0.0486. The molecular weight excluding hydrogens is 105 g/mol. The first kappa shape index (κ1) is 7.47. The molecule has 0 aliphatic rings. The Morgan fingerprint density at radius 2 is 2.00 bits per heavy atom. The first-order valence-electron chi connectivity index (χ1n) is 2.64. The average molecular weight is 117 g/mol. The van der Waals surface area contributed by atoms with E-state index >= 15 is 0 Å². The fraction of sp³-hybridized carbons (Fsp3) is 0.667.